The van der Waals surface area contributed by atoms with Crippen molar-refractivity contribution in [2.45, 2.75) is 88.0 Å². The standard InChI is InChI=1S/C43H59ClN4O6S/c1-4-20-54-43(28-46-17-18-47-19-21-52-26-36(47)25-46)16-5-7-30(2)31(3)55(50,51)45-41(49)33-10-14-40-39(23-33)48(24-34-9-12-38(34)43)27-42(29-53-40)15-6-8-32-22-35(44)11-13-37(32)42/h5,10-11,13-14,16,22-23,30-31,34,36,38H,4,6-9,12,15,17-21,24-29H2,1-3H3,(H,45,49)/b16-5-/t30-,31+,34-,36-,38+,42-,43-/m0/s1. The van der Waals surface area contributed by atoms with E-state index in [1.165, 1.54) is 11.1 Å². The van der Waals surface area contributed by atoms with Gasteiger partial charge in [-0.05, 0) is 111 Å². The number of hydrogen-bond acceptors (Lipinski definition) is 9. The van der Waals surface area contributed by atoms with E-state index in [2.05, 4.69) is 50.6 Å². The number of aryl methyl sites for hydroxylation is 1. The van der Waals surface area contributed by atoms with Crippen LogP contribution < -0.4 is 14.4 Å². The van der Waals surface area contributed by atoms with Gasteiger partial charge in [0.25, 0.3) is 5.91 Å². The van der Waals surface area contributed by atoms with Gasteiger partial charge in [0.1, 0.15) is 11.4 Å². The Hall–Kier alpha value is -2.67. The maximum absolute atomic E-state index is 13.7. The fourth-order valence-corrected chi connectivity index (χ4v) is 11.8. The summed E-state index contributed by atoms with van der Waals surface area (Å²) in [5.74, 6) is 0.473. The van der Waals surface area contributed by atoms with Crippen LogP contribution in [0.4, 0.5) is 5.69 Å². The lowest BCUT2D eigenvalue weighted by Gasteiger charge is -2.53. The molecule has 1 amide bonds. The van der Waals surface area contributed by atoms with Crippen LogP contribution >= 0.6 is 11.6 Å². The van der Waals surface area contributed by atoms with Crippen LogP contribution in [0.2, 0.25) is 5.02 Å². The predicted molar refractivity (Wildman–Crippen MR) is 217 cm³/mol. The molecule has 1 saturated carbocycles. The number of fused-ring (bicyclic) bond motifs is 5. The second-order valence-corrected chi connectivity index (χ2v) is 19.8. The van der Waals surface area contributed by atoms with Gasteiger partial charge in [-0.15, -0.1) is 0 Å². The third-order valence-electron chi connectivity index (χ3n) is 13.8. The Labute approximate surface area is 332 Å². The highest BCUT2D eigenvalue weighted by molar-refractivity contribution is 7.90. The highest BCUT2D eigenvalue weighted by atomic mass is 35.5. The summed E-state index contributed by atoms with van der Waals surface area (Å²) in [6, 6.07) is 12.1. The predicted octanol–water partition coefficient (Wildman–Crippen LogP) is 6.07. The first kappa shape index (κ1) is 39.2. The highest BCUT2D eigenvalue weighted by Crippen LogP contribution is 2.49. The average Bonchev–Trinajstić information content (AvgIpc) is 3.31. The quantitative estimate of drug-likeness (QED) is 0.362. The molecule has 2 aromatic rings. The van der Waals surface area contributed by atoms with Crippen LogP contribution in [0.5, 0.6) is 5.75 Å². The zero-order chi connectivity index (χ0) is 38.4. The van der Waals surface area contributed by atoms with Crippen LogP contribution in [0.25, 0.3) is 0 Å². The Morgan fingerprint density at radius 2 is 1.95 bits per heavy atom. The highest BCUT2D eigenvalue weighted by Gasteiger charge is 2.50. The molecule has 3 fully saturated rings. The number of benzene rings is 2. The average molecular weight is 795 g/mol. The van der Waals surface area contributed by atoms with E-state index in [9.17, 15) is 13.2 Å². The van der Waals surface area contributed by atoms with E-state index in [4.69, 9.17) is 25.8 Å². The summed E-state index contributed by atoms with van der Waals surface area (Å²) in [7, 11) is -3.97. The van der Waals surface area contributed by atoms with Crippen LogP contribution in [0.15, 0.2) is 48.6 Å². The fourth-order valence-electron chi connectivity index (χ4n) is 10.3. The zero-order valence-electron chi connectivity index (χ0n) is 32.8. The summed E-state index contributed by atoms with van der Waals surface area (Å²) in [6.07, 6.45) is 11.1. The smallest absolute Gasteiger partial charge is 0.264 e. The number of ether oxygens (including phenoxy) is 3. The number of anilines is 1. The molecule has 12 heteroatoms. The van der Waals surface area contributed by atoms with Crippen LogP contribution in [0.1, 0.15) is 80.8 Å². The summed E-state index contributed by atoms with van der Waals surface area (Å²) >= 11 is 6.53. The van der Waals surface area contributed by atoms with Crippen molar-refractivity contribution in [2.75, 3.05) is 77.1 Å². The van der Waals surface area contributed by atoms with Crippen molar-refractivity contribution >= 4 is 33.2 Å². The van der Waals surface area contributed by atoms with Crippen molar-refractivity contribution in [3.63, 3.8) is 0 Å². The minimum absolute atomic E-state index is 0.223. The zero-order valence-corrected chi connectivity index (χ0v) is 34.4. The van der Waals surface area contributed by atoms with Gasteiger partial charge in [-0.25, -0.2) is 13.1 Å². The van der Waals surface area contributed by atoms with Crippen molar-refractivity contribution in [1.82, 2.24) is 14.5 Å². The van der Waals surface area contributed by atoms with Crippen molar-refractivity contribution < 1.29 is 27.4 Å². The number of carbonyl (C=O) groups is 1. The van der Waals surface area contributed by atoms with E-state index in [0.717, 1.165) is 114 Å². The maximum atomic E-state index is 13.7. The summed E-state index contributed by atoms with van der Waals surface area (Å²) in [5, 5.41) is -0.0321. The number of amides is 1. The number of piperazine rings is 1. The lowest BCUT2D eigenvalue weighted by Crippen LogP contribution is -2.63. The Morgan fingerprint density at radius 3 is 2.76 bits per heavy atom. The van der Waals surface area contributed by atoms with E-state index in [-0.39, 0.29) is 17.3 Å². The molecule has 2 saturated heterocycles. The fraction of sp³-hybridized carbons (Fsp3) is 0.651. The van der Waals surface area contributed by atoms with E-state index in [1.807, 2.05) is 25.1 Å². The Morgan fingerprint density at radius 1 is 1.07 bits per heavy atom. The first-order valence-corrected chi connectivity index (χ1v) is 22.6. The van der Waals surface area contributed by atoms with Gasteiger partial charge in [0, 0.05) is 74.5 Å². The molecule has 55 heavy (non-hydrogen) atoms. The first-order chi connectivity index (χ1) is 26.5. The van der Waals surface area contributed by atoms with Crippen LogP contribution in [-0.4, -0.2) is 113 Å². The normalized spacial score (nSPS) is 34.6. The Balaban J connectivity index is 1.20. The molecule has 0 unspecified atom stereocenters. The van der Waals surface area contributed by atoms with Crippen molar-refractivity contribution in [2.24, 2.45) is 17.8 Å². The largest absolute Gasteiger partial charge is 0.490 e. The van der Waals surface area contributed by atoms with Gasteiger partial charge in [-0.2, -0.15) is 0 Å². The molecule has 7 atom stereocenters. The minimum Gasteiger partial charge on any atom is -0.490 e. The van der Waals surface area contributed by atoms with Crippen LogP contribution in [-0.2, 0) is 31.3 Å². The van der Waals surface area contributed by atoms with Gasteiger partial charge in [0.05, 0.1) is 30.8 Å². The van der Waals surface area contributed by atoms with Crippen molar-refractivity contribution in [1.29, 1.82) is 0 Å². The third kappa shape index (κ3) is 7.83. The van der Waals surface area contributed by atoms with E-state index in [1.54, 1.807) is 13.0 Å². The lowest BCUT2D eigenvalue weighted by molar-refractivity contribution is -0.124. The molecular formula is C43H59ClN4O6S. The number of allylic oxidation sites excluding steroid dienone is 1. The number of carbonyl (C=O) groups excluding carboxylic acids is 1. The van der Waals surface area contributed by atoms with Gasteiger partial charge in [-0.3, -0.25) is 14.6 Å². The number of morpholine rings is 1. The molecule has 0 radical (unpaired) electrons. The van der Waals surface area contributed by atoms with Crippen molar-refractivity contribution in [3.8, 4) is 5.75 Å². The molecule has 0 aromatic heterocycles. The number of hydrogen-bond donors (Lipinski definition) is 1. The topological polar surface area (TPSA) is 101 Å². The molecule has 8 rings (SSSR count). The van der Waals surface area contributed by atoms with E-state index in [0.29, 0.717) is 37.2 Å². The van der Waals surface area contributed by atoms with Gasteiger partial charge in [-0.1, -0.05) is 43.7 Å². The molecule has 300 valence electrons. The van der Waals surface area contributed by atoms with Gasteiger partial charge >= 0.3 is 0 Å². The number of rotatable bonds is 5. The SMILES string of the molecule is CCCO[C@]1(CN2CCN3CCOC[C@@H]3C2)/C=C\C[C@H](C)[C@@H](C)S(=O)(=O)NC(=O)c2ccc3c(c2)N(C[C@@H]2CC[C@H]21)C[C@@]1(CCCc2cc(Cl)ccc21)CO3. The number of nitrogens with one attached hydrogen (secondary N) is 1. The molecule has 4 heterocycles. The molecular weight excluding hydrogens is 736 g/mol. The summed E-state index contributed by atoms with van der Waals surface area (Å²) in [5.41, 5.74) is 2.90. The molecule has 6 aliphatic rings. The molecule has 2 bridgehead atoms. The number of halogens is 1. The second kappa shape index (κ2) is 15.9. The summed E-state index contributed by atoms with van der Waals surface area (Å²) in [6.45, 7) is 14.8. The Bertz CT molecular complexity index is 1880. The van der Waals surface area contributed by atoms with E-state index >= 15 is 0 Å². The molecule has 10 nitrogen and oxygen atoms in total. The maximum Gasteiger partial charge on any atom is 0.264 e. The molecule has 4 aliphatic heterocycles. The van der Waals surface area contributed by atoms with Gasteiger partial charge in [0.15, 0.2) is 0 Å². The van der Waals surface area contributed by atoms with Crippen molar-refractivity contribution in [3.05, 3.63) is 70.3 Å². The van der Waals surface area contributed by atoms with Crippen LogP contribution in [0.3, 0.4) is 0 Å². The Kier molecular flexibility index (Phi) is 11.3. The van der Waals surface area contributed by atoms with Crippen LogP contribution in [0, 0.1) is 17.8 Å². The summed E-state index contributed by atoms with van der Waals surface area (Å²) < 4.78 is 49.7. The second-order valence-electron chi connectivity index (χ2n) is 17.3. The molecule has 2 aliphatic carbocycles. The lowest BCUT2D eigenvalue weighted by atomic mass is 9.63. The monoisotopic (exact) mass is 794 g/mol. The molecule has 1 spiro atoms. The summed E-state index contributed by atoms with van der Waals surface area (Å²) in [4.78, 5) is 21.3. The van der Waals surface area contributed by atoms with Gasteiger partial charge in [0.2, 0.25) is 10.0 Å². The third-order valence-corrected chi connectivity index (χ3v) is 15.9. The minimum atomic E-state index is -3.97. The van der Waals surface area contributed by atoms with Gasteiger partial charge < -0.3 is 19.1 Å². The molecule has 1 N–H and O–H groups in total. The first-order valence-electron chi connectivity index (χ1n) is 20.7. The van der Waals surface area contributed by atoms with E-state index < -0.39 is 26.8 Å². The molecule has 2 aromatic carbocycles. The number of sulfonamides is 1. The number of nitrogens with zero attached hydrogens (tertiary/aromatic N) is 3.